The number of ether oxygens (including phenoxy) is 4. The summed E-state index contributed by atoms with van der Waals surface area (Å²) in [7, 11) is 6.27. The van der Waals surface area contributed by atoms with Crippen molar-refractivity contribution in [2.24, 2.45) is 0 Å². The molecule has 34 heavy (non-hydrogen) atoms. The monoisotopic (exact) mass is 461 g/mol. The van der Waals surface area contributed by atoms with Gasteiger partial charge in [-0.15, -0.1) is 0 Å². The molecule has 176 valence electrons. The van der Waals surface area contributed by atoms with Crippen LogP contribution in [0.2, 0.25) is 0 Å². The number of carbonyl (C=O) groups excluding carboxylic acids is 1. The van der Waals surface area contributed by atoms with Crippen LogP contribution in [0.5, 0.6) is 23.0 Å². The summed E-state index contributed by atoms with van der Waals surface area (Å²) in [6.45, 7) is 0.454. The summed E-state index contributed by atoms with van der Waals surface area (Å²) in [4.78, 5) is 20.9. The zero-order valence-corrected chi connectivity index (χ0v) is 19.6. The largest absolute Gasteiger partial charge is 0.496 e. The molecule has 0 fully saturated rings. The van der Waals surface area contributed by atoms with Crippen LogP contribution in [0.25, 0.3) is 22.4 Å². The van der Waals surface area contributed by atoms with Crippen LogP contribution in [0, 0.1) is 0 Å². The van der Waals surface area contributed by atoms with Gasteiger partial charge in [-0.1, -0.05) is 30.3 Å². The summed E-state index contributed by atoms with van der Waals surface area (Å²) in [6.07, 6.45) is 0.132. The molecule has 0 atom stereocenters. The first-order valence-corrected chi connectivity index (χ1v) is 10.7. The normalized spacial score (nSPS) is 10.7. The topological polar surface area (TPSA) is 94.7 Å². The molecule has 0 aliphatic carbocycles. The summed E-state index contributed by atoms with van der Waals surface area (Å²) in [6, 6.07) is 17.1. The highest BCUT2D eigenvalue weighted by Crippen LogP contribution is 2.41. The van der Waals surface area contributed by atoms with Crippen molar-refractivity contribution in [3.05, 3.63) is 65.7 Å². The number of imidazole rings is 1. The maximum absolute atomic E-state index is 12.8. The fraction of sp³-hybridized carbons (Fsp3) is 0.231. The molecule has 2 N–H and O–H groups in total. The molecule has 0 spiro atoms. The molecular weight excluding hydrogens is 434 g/mol. The molecule has 8 heteroatoms. The average molecular weight is 462 g/mol. The molecule has 4 aromatic rings. The number of aromatic amines is 1. The molecule has 0 bridgehead atoms. The zero-order chi connectivity index (χ0) is 24.1. The number of hydrogen-bond donors (Lipinski definition) is 2. The summed E-state index contributed by atoms with van der Waals surface area (Å²) >= 11 is 0. The molecule has 4 rings (SSSR count). The Bertz CT molecular complexity index is 1280. The lowest BCUT2D eigenvalue weighted by atomic mass is 10.1. The van der Waals surface area contributed by atoms with E-state index in [4.69, 9.17) is 23.9 Å². The highest BCUT2D eigenvalue weighted by molar-refractivity contribution is 5.90. The number of aromatic nitrogens is 2. The first kappa shape index (κ1) is 23.0. The van der Waals surface area contributed by atoms with Crippen LogP contribution in [0.4, 0.5) is 0 Å². The summed E-state index contributed by atoms with van der Waals surface area (Å²) in [5.74, 6) is 2.64. The van der Waals surface area contributed by atoms with Gasteiger partial charge in [-0.05, 0) is 29.8 Å². The molecule has 1 aromatic heterocycles. The second kappa shape index (κ2) is 10.2. The van der Waals surface area contributed by atoms with Crippen molar-refractivity contribution < 1.29 is 23.7 Å². The Balaban J connectivity index is 1.68. The van der Waals surface area contributed by atoms with Crippen molar-refractivity contribution in [1.29, 1.82) is 0 Å². The number of rotatable bonds is 9. The van der Waals surface area contributed by atoms with Gasteiger partial charge in [0.1, 0.15) is 11.6 Å². The van der Waals surface area contributed by atoms with Crippen LogP contribution in [0.1, 0.15) is 11.1 Å². The molecule has 1 amide bonds. The van der Waals surface area contributed by atoms with Crippen molar-refractivity contribution in [3.8, 4) is 34.4 Å². The van der Waals surface area contributed by atoms with Crippen LogP contribution in [0.15, 0.2) is 54.6 Å². The number of methoxy groups -OCH3 is 4. The van der Waals surface area contributed by atoms with Gasteiger partial charge in [0.15, 0.2) is 11.5 Å². The summed E-state index contributed by atoms with van der Waals surface area (Å²) in [5.41, 5.74) is 3.95. The number of benzene rings is 3. The molecule has 0 saturated heterocycles. The number of nitrogens with one attached hydrogen (secondary N) is 2. The van der Waals surface area contributed by atoms with Gasteiger partial charge in [0.25, 0.3) is 0 Å². The smallest absolute Gasteiger partial charge is 0.224 e. The maximum Gasteiger partial charge on any atom is 0.224 e. The lowest BCUT2D eigenvalue weighted by Gasteiger charge is -2.13. The van der Waals surface area contributed by atoms with Crippen LogP contribution >= 0.6 is 0 Å². The van der Waals surface area contributed by atoms with Crippen molar-refractivity contribution in [1.82, 2.24) is 15.3 Å². The quantitative estimate of drug-likeness (QED) is 0.389. The minimum atomic E-state index is -0.119. The molecule has 0 aliphatic heterocycles. The second-order valence-electron chi connectivity index (χ2n) is 7.58. The van der Waals surface area contributed by atoms with E-state index in [-0.39, 0.29) is 12.3 Å². The van der Waals surface area contributed by atoms with Crippen LogP contribution in [-0.4, -0.2) is 44.3 Å². The number of fused-ring (bicyclic) bond motifs is 1. The number of carbonyl (C=O) groups is 1. The Morgan fingerprint density at radius 1 is 0.882 bits per heavy atom. The summed E-state index contributed by atoms with van der Waals surface area (Å²) in [5, 5.41) is 2.97. The van der Waals surface area contributed by atoms with E-state index in [2.05, 4.69) is 10.3 Å². The minimum absolute atomic E-state index is 0.119. The van der Waals surface area contributed by atoms with Crippen LogP contribution < -0.4 is 24.3 Å². The lowest BCUT2D eigenvalue weighted by Crippen LogP contribution is -2.24. The lowest BCUT2D eigenvalue weighted by molar-refractivity contribution is -0.120. The molecule has 0 unspecified atom stereocenters. The number of hydrogen-bond acceptors (Lipinski definition) is 6. The van der Waals surface area contributed by atoms with Gasteiger partial charge in [0.05, 0.1) is 45.9 Å². The standard InChI is InChI=1S/C26H27N3O5/c1-31-20-11-10-19-24(18(20)14-23(30)27-15-16-8-6-5-7-9-16)29-26(28-19)17-12-21(32-2)25(34-4)22(13-17)33-3/h5-13H,14-15H2,1-4H3,(H,27,30)(H,28,29). The van der Waals surface area contributed by atoms with Gasteiger partial charge < -0.3 is 29.2 Å². The molecule has 0 radical (unpaired) electrons. The Kier molecular flexibility index (Phi) is 6.87. The molecule has 3 aromatic carbocycles. The fourth-order valence-electron chi connectivity index (χ4n) is 3.85. The van der Waals surface area contributed by atoms with E-state index in [0.29, 0.717) is 46.4 Å². The SMILES string of the molecule is COc1cc(-c2nc3c(CC(=O)NCc4ccccc4)c(OC)ccc3[nH]2)cc(OC)c1OC. The van der Waals surface area contributed by atoms with E-state index in [1.165, 1.54) is 0 Å². The van der Waals surface area contributed by atoms with E-state index in [9.17, 15) is 4.79 Å². The highest BCUT2D eigenvalue weighted by atomic mass is 16.5. The van der Waals surface area contributed by atoms with Gasteiger partial charge in [-0.3, -0.25) is 4.79 Å². The molecular formula is C26H27N3O5. The highest BCUT2D eigenvalue weighted by Gasteiger charge is 2.19. The molecule has 8 nitrogen and oxygen atoms in total. The van der Waals surface area contributed by atoms with Crippen LogP contribution in [-0.2, 0) is 17.8 Å². The molecule has 0 saturated carbocycles. The summed E-state index contributed by atoms with van der Waals surface area (Å²) < 4.78 is 21.9. The third kappa shape index (κ3) is 4.61. The van der Waals surface area contributed by atoms with Crippen molar-refractivity contribution in [2.75, 3.05) is 28.4 Å². The van der Waals surface area contributed by atoms with Crippen LogP contribution in [0.3, 0.4) is 0 Å². The van der Waals surface area contributed by atoms with E-state index in [1.807, 2.05) is 54.6 Å². The predicted octanol–water partition coefficient (Wildman–Crippen LogP) is 4.12. The molecule has 1 heterocycles. The van der Waals surface area contributed by atoms with E-state index in [1.54, 1.807) is 28.4 Å². The van der Waals surface area contributed by atoms with Gasteiger partial charge in [0.2, 0.25) is 11.7 Å². The first-order valence-electron chi connectivity index (χ1n) is 10.7. The fourth-order valence-corrected chi connectivity index (χ4v) is 3.85. The predicted molar refractivity (Wildman–Crippen MR) is 130 cm³/mol. The third-order valence-electron chi connectivity index (χ3n) is 5.54. The first-order chi connectivity index (χ1) is 16.6. The van der Waals surface area contributed by atoms with Gasteiger partial charge >= 0.3 is 0 Å². The van der Waals surface area contributed by atoms with Crippen molar-refractivity contribution in [2.45, 2.75) is 13.0 Å². The number of amides is 1. The van der Waals surface area contributed by atoms with Gasteiger partial charge in [0, 0.05) is 17.7 Å². The van der Waals surface area contributed by atoms with E-state index < -0.39 is 0 Å². The minimum Gasteiger partial charge on any atom is -0.496 e. The van der Waals surface area contributed by atoms with Gasteiger partial charge in [-0.25, -0.2) is 4.98 Å². The number of nitrogens with zero attached hydrogens (tertiary/aromatic N) is 1. The van der Waals surface area contributed by atoms with Gasteiger partial charge in [-0.2, -0.15) is 0 Å². The van der Waals surface area contributed by atoms with E-state index in [0.717, 1.165) is 16.6 Å². The maximum atomic E-state index is 12.8. The van der Waals surface area contributed by atoms with Crippen molar-refractivity contribution >= 4 is 16.9 Å². The van der Waals surface area contributed by atoms with E-state index >= 15 is 0 Å². The Morgan fingerprint density at radius 3 is 2.18 bits per heavy atom. The third-order valence-corrected chi connectivity index (χ3v) is 5.54. The molecule has 0 aliphatic rings. The van der Waals surface area contributed by atoms with Crippen molar-refractivity contribution in [3.63, 3.8) is 0 Å². The Hall–Kier alpha value is -4.20. The Morgan fingerprint density at radius 2 is 1.56 bits per heavy atom. The zero-order valence-electron chi connectivity index (χ0n) is 19.6. The average Bonchev–Trinajstić information content (AvgIpc) is 3.32. The number of H-pyrrole nitrogens is 1. The Labute approximate surface area is 197 Å². The second-order valence-corrected chi connectivity index (χ2v) is 7.58.